The number of amides is 1. The summed E-state index contributed by atoms with van der Waals surface area (Å²) in [6.07, 6.45) is 32.9. The summed E-state index contributed by atoms with van der Waals surface area (Å²) in [5.74, 6) is -1.22. The van der Waals surface area contributed by atoms with Crippen LogP contribution < -0.4 is 11.1 Å². The SMILES string of the molecule is CCCCCCCCCCCCCCC(CCCCCCCC(=O)NC(CCCN)C(=O)O)OC(=O)CCCCCCCCC. The Hall–Kier alpha value is -1.63. The van der Waals surface area contributed by atoms with Crippen molar-refractivity contribution in [3.63, 3.8) is 0 Å². The number of aliphatic carboxylic acids is 1. The fourth-order valence-corrected chi connectivity index (χ4v) is 5.98. The average molecular weight is 639 g/mol. The molecule has 0 aliphatic rings. The molecule has 0 rings (SSSR count). The summed E-state index contributed by atoms with van der Waals surface area (Å²) in [6, 6.07) is -0.850. The Kier molecular flexibility index (Phi) is 32.5. The molecule has 0 aliphatic carbocycles. The molecule has 0 saturated heterocycles. The molecule has 0 heterocycles. The van der Waals surface area contributed by atoms with Crippen LogP contribution in [0.15, 0.2) is 0 Å². The zero-order valence-electron chi connectivity index (χ0n) is 29.7. The number of hydrogen-bond acceptors (Lipinski definition) is 5. The zero-order valence-corrected chi connectivity index (χ0v) is 29.7. The van der Waals surface area contributed by atoms with Crippen molar-refractivity contribution < 1.29 is 24.2 Å². The molecule has 0 saturated carbocycles. The monoisotopic (exact) mass is 639 g/mol. The summed E-state index contributed by atoms with van der Waals surface area (Å²) in [4.78, 5) is 36.1. The van der Waals surface area contributed by atoms with Gasteiger partial charge in [0, 0.05) is 12.8 Å². The number of carboxylic acid groups (broad SMARTS) is 1. The number of hydrogen-bond donors (Lipinski definition) is 3. The molecule has 2 atom stereocenters. The molecule has 0 spiro atoms. The van der Waals surface area contributed by atoms with Crippen LogP contribution in [-0.2, 0) is 19.1 Å². The van der Waals surface area contributed by atoms with Gasteiger partial charge in [-0.05, 0) is 57.9 Å². The van der Waals surface area contributed by atoms with Gasteiger partial charge >= 0.3 is 11.9 Å². The minimum atomic E-state index is -1.00. The number of carbonyl (C=O) groups is 3. The highest BCUT2D eigenvalue weighted by Gasteiger charge is 2.19. The molecule has 0 aromatic carbocycles. The number of unbranched alkanes of at least 4 members (excludes halogenated alkanes) is 21. The number of esters is 1. The molecule has 0 aromatic rings. The van der Waals surface area contributed by atoms with Gasteiger partial charge in [-0.1, -0.05) is 142 Å². The van der Waals surface area contributed by atoms with Gasteiger partial charge in [0.1, 0.15) is 12.1 Å². The smallest absolute Gasteiger partial charge is 0.326 e. The van der Waals surface area contributed by atoms with E-state index in [4.69, 9.17) is 10.5 Å². The Labute approximate surface area is 278 Å². The normalized spacial score (nSPS) is 12.6. The van der Waals surface area contributed by atoms with Crippen LogP contribution in [0.3, 0.4) is 0 Å². The maximum absolute atomic E-state index is 12.6. The molecule has 0 aliphatic heterocycles. The van der Waals surface area contributed by atoms with Crippen LogP contribution in [0.4, 0.5) is 0 Å². The standard InChI is InChI=1S/C38H74N2O5/c1-3-5-7-9-11-12-13-14-15-17-19-23-28-34(45-37(42)32-26-22-16-10-8-6-4-2)29-24-20-18-21-25-31-36(41)40-35(38(43)44)30-27-33-39/h34-35H,3-33,39H2,1-2H3,(H,40,41)(H,43,44). The maximum atomic E-state index is 12.6. The molecule has 0 fully saturated rings. The fourth-order valence-electron chi connectivity index (χ4n) is 5.98. The van der Waals surface area contributed by atoms with E-state index < -0.39 is 12.0 Å². The molecule has 0 bridgehead atoms. The summed E-state index contributed by atoms with van der Waals surface area (Å²) < 4.78 is 5.99. The zero-order chi connectivity index (χ0) is 33.2. The molecule has 266 valence electrons. The summed E-state index contributed by atoms with van der Waals surface area (Å²) in [5, 5.41) is 11.9. The molecule has 7 nitrogen and oxygen atoms in total. The summed E-state index contributed by atoms with van der Waals surface area (Å²) >= 11 is 0. The van der Waals surface area contributed by atoms with E-state index in [-0.39, 0.29) is 18.0 Å². The third kappa shape index (κ3) is 30.8. The van der Waals surface area contributed by atoms with Gasteiger partial charge in [0.05, 0.1) is 0 Å². The Morgan fingerprint density at radius 2 is 0.956 bits per heavy atom. The molecule has 7 heteroatoms. The minimum Gasteiger partial charge on any atom is -0.480 e. The predicted octanol–water partition coefficient (Wildman–Crippen LogP) is 10.2. The van der Waals surface area contributed by atoms with E-state index in [1.54, 1.807) is 0 Å². The highest BCUT2D eigenvalue weighted by Crippen LogP contribution is 2.19. The van der Waals surface area contributed by atoms with Crippen LogP contribution in [0.25, 0.3) is 0 Å². The second-order valence-corrected chi connectivity index (χ2v) is 13.4. The lowest BCUT2D eigenvalue weighted by atomic mass is 10.0. The summed E-state index contributed by atoms with van der Waals surface area (Å²) in [5.41, 5.74) is 5.47. The van der Waals surface area contributed by atoms with Gasteiger partial charge in [-0.3, -0.25) is 9.59 Å². The first kappa shape index (κ1) is 43.4. The van der Waals surface area contributed by atoms with Crippen molar-refractivity contribution in [2.24, 2.45) is 5.73 Å². The van der Waals surface area contributed by atoms with E-state index in [1.807, 2.05) is 0 Å². The van der Waals surface area contributed by atoms with Gasteiger partial charge in [-0.2, -0.15) is 0 Å². The average Bonchev–Trinajstić information content (AvgIpc) is 3.02. The van der Waals surface area contributed by atoms with Crippen LogP contribution >= 0.6 is 0 Å². The Balaban J connectivity index is 4.26. The van der Waals surface area contributed by atoms with Gasteiger partial charge in [0.2, 0.25) is 5.91 Å². The Morgan fingerprint density at radius 1 is 0.556 bits per heavy atom. The lowest BCUT2D eigenvalue weighted by Gasteiger charge is -2.18. The molecule has 1 amide bonds. The van der Waals surface area contributed by atoms with Crippen LogP contribution in [0.1, 0.15) is 206 Å². The van der Waals surface area contributed by atoms with Crippen LogP contribution in [-0.4, -0.2) is 41.6 Å². The van der Waals surface area contributed by atoms with Gasteiger partial charge < -0.3 is 20.9 Å². The maximum Gasteiger partial charge on any atom is 0.326 e. The third-order valence-corrected chi connectivity index (χ3v) is 8.92. The van der Waals surface area contributed by atoms with E-state index in [1.165, 1.54) is 103 Å². The second kappa shape index (κ2) is 33.7. The largest absolute Gasteiger partial charge is 0.480 e. The van der Waals surface area contributed by atoms with E-state index in [0.29, 0.717) is 32.2 Å². The lowest BCUT2D eigenvalue weighted by Crippen LogP contribution is -2.40. The molecular weight excluding hydrogens is 564 g/mol. The van der Waals surface area contributed by atoms with Crippen molar-refractivity contribution >= 4 is 17.8 Å². The van der Waals surface area contributed by atoms with Gasteiger partial charge in [-0.25, -0.2) is 4.79 Å². The molecular formula is C38H74N2O5. The number of ether oxygens (including phenoxy) is 1. The topological polar surface area (TPSA) is 119 Å². The Bertz CT molecular complexity index is 687. The lowest BCUT2D eigenvalue weighted by molar-refractivity contribution is -0.150. The summed E-state index contributed by atoms with van der Waals surface area (Å²) in [6.45, 7) is 4.92. The second-order valence-electron chi connectivity index (χ2n) is 13.4. The van der Waals surface area contributed by atoms with Gasteiger partial charge in [0.25, 0.3) is 0 Å². The van der Waals surface area contributed by atoms with E-state index >= 15 is 0 Å². The van der Waals surface area contributed by atoms with Gasteiger partial charge in [0.15, 0.2) is 0 Å². The number of rotatable bonds is 35. The van der Waals surface area contributed by atoms with E-state index in [9.17, 15) is 19.5 Å². The van der Waals surface area contributed by atoms with Crippen molar-refractivity contribution in [3.8, 4) is 0 Å². The van der Waals surface area contributed by atoms with Crippen LogP contribution in [0.5, 0.6) is 0 Å². The molecule has 2 unspecified atom stereocenters. The highest BCUT2D eigenvalue weighted by atomic mass is 16.5. The van der Waals surface area contributed by atoms with Crippen molar-refractivity contribution in [3.05, 3.63) is 0 Å². The first-order valence-corrected chi connectivity index (χ1v) is 19.4. The van der Waals surface area contributed by atoms with E-state index in [0.717, 1.165) is 64.2 Å². The van der Waals surface area contributed by atoms with Crippen LogP contribution in [0.2, 0.25) is 0 Å². The predicted molar refractivity (Wildman–Crippen MR) is 188 cm³/mol. The van der Waals surface area contributed by atoms with Crippen molar-refractivity contribution in [2.75, 3.05) is 6.54 Å². The fraction of sp³-hybridized carbons (Fsp3) is 0.921. The first-order chi connectivity index (χ1) is 21.9. The number of carbonyl (C=O) groups excluding carboxylic acids is 2. The number of nitrogens with two attached hydrogens (primary N) is 1. The number of nitrogens with one attached hydrogen (secondary N) is 1. The van der Waals surface area contributed by atoms with E-state index in [2.05, 4.69) is 19.2 Å². The molecule has 0 aromatic heterocycles. The molecule has 45 heavy (non-hydrogen) atoms. The summed E-state index contributed by atoms with van der Waals surface area (Å²) in [7, 11) is 0. The molecule has 0 radical (unpaired) electrons. The number of carboxylic acids is 1. The quantitative estimate of drug-likeness (QED) is 0.0469. The first-order valence-electron chi connectivity index (χ1n) is 19.4. The van der Waals surface area contributed by atoms with Crippen LogP contribution in [0, 0.1) is 0 Å². The van der Waals surface area contributed by atoms with Crippen molar-refractivity contribution in [1.29, 1.82) is 0 Å². The molecule has 4 N–H and O–H groups in total. The third-order valence-electron chi connectivity index (χ3n) is 8.92. The van der Waals surface area contributed by atoms with Crippen molar-refractivity contribution in [1.82, 2.24) is 5.32 Å². The van der Waals surface area contributed by atoms with Gasteiger partial charge in [-0.15, -0.1) is 0 Å². The Morgan fingerprint density at radius 3 is 1.38 bits per heavy atom. The minimum absolute atomic E-state index is 0.0235. The highest BCUT2D eigenvalue weighted by molar-refractivity contribution is 5.83. The van der Waals surface area contributed by atoms with Crippen molar-refractivity contribution in [2.45, 2.75) is 219 Å².